The summed E-state index contributed by atoms with van der Waals surface area (Å²) in [6, 6.07) is 6.76. The van der Waals surface area contributed by atoms with Crippen molar-refractivity contribution >= 4 is 38.9 Å². The van der Waals surface area contributed by atoms with E-state index in [1.807, 2.05) is 0 Å². The summed E-state index contributed by atoms with van der Waals surface area (Å²) in [7, 11) is 0. The number of rotatable bonds is 5. The first-order valence-corrected chi connectivity index (χ1v) is 6.19. The van der Waals surface area contributed by atoms with Crippen molar-refractivity contribution in [2.75, 3.05) is 5.43 Å². The van der Waals surface area contributed by atoms with Gasteiger partial charge in [0.25, 0.3) is 0 Å². The number of carbonyl (C=O) groups is 1. The zero-order chi connectivity index (χ0) is 14.4. The van der Waals surface area contributed by atoms with Crippen LogP contribution in [0.25, 0.3) is 0 Å². The van der Waals surface area contributed by atoms with Crippen LogP contribution in [0.4, 0.5) is 5.69 Å². The molecule has 7 heteroatoms. The highest BCUT2D eigenvalue weighted by Crippen LogP contribution is 2.22. The van der Waals surface area contributed by atoms with E-state index in [2.05, 4.69) is 26.5 Å². The number of halogens is 1. The van der Waals surface area contributed by atoms with Crippen LogP contribution in [0.15, 0.2) is 27.8 Å². The molecule has 1 aromatic carbocycles. The molecule has 19 heavy (non-hydrogen) atoms. The van der Waals surface area contributed by atoms with E-state index in [1.54, 1.807) is 31.2 Å². The lowest BCUT2D eigenvalue weighted by atomic mass is 10.1. The maximum atomic E-state index is 11.8. The molecule has 0 saturated carbocycles. The minimum Gasteiger partial charge on any atom is -0.382 e. The van der Waals surface area contributed by atoms with Gasteiger partial charge in [-0.3, -0.25) is 15.6 Å². The normalized spacial score (nSPS) is 10.7. The standard InChI is InChI=1S/C12H12BrN5O/c1-2-11(19)8-4-3-7(13)5-9(8)17-18-10(6-14)12(15)16/h3-5,17H,2H2,1H3,(H3,15,16)/b18-10+. The highest BCUT2D eigenvalue weighted by atomic mass is 79.9. The van der Waals surface area contributed by atoms with Crippen molar-refractivity contribution in [3.8, 4) is 6.07 Å². The fraction of sp³-hybridized carbons (Fsp3) is 0.167. The molecule has 0 amide bonds. The molecule has 4 N–H and O–H groups in total. The number of nitriles is 1. The fourth-order valence-corrected chi connectivity index (χ4v) is 1.67. The van der Waals surface area contributed by atoms with Gasteiger partial charge in [0, 0.05) is 16.5 Å². The average Bonchev–Trinajstić information content (AvgIpc) is 2.38. The van der Waals surface area contributed by atoms with Gasteiger partial charge in [-0.15, -0.1) is 0 Å². The Morgan fingerprint density at radius 3 is 2.84 bits per heavy atom. The van der Waals surface area contributed by atoms with E-state index in [4.69, 9.17) is 16.4 Å². The number of benzene rings is 1. The van der Waals surface area contributed by atoms with Crippen LogP contribution in [0.1, 0.15) is 23.7 Å². The number of hydrogen-bond acceptors (Lipinski definition) is 5. The minimum atomic E-state index is -0.437. The van der Waals surface area contributed by atoms with Crippen molar-refractivity contribution in [2.45, 2.75) is 13.3 Å². The number of carbonyl (C=O) groups excluding carboxylic acids is 1. The van der Waals surface area contributed by atoms with E-state index in [0.717, 1.165) is 4.47 Å². The number of nitrogens with zero attached hydrogens (tertiary/aromatic N) is 2. The lowest BCUT2D eigenvalue weighted by molar-refractivity contribution is 0.0989. The Kier molecular flexibility index (Phi) is 5.21. The molecular formula is C12H12BrN5O. The predicted octanol–water partition coefficient (Wildman–Crippen LogP) is 2.27. The molecule has 1 aromatic rings. The Morgan fingerprint density at radius 2 is 2.32 bits per heavy atom. The Hall–Kier alpha value is -2.20. The first kappa shape index (κ1) is 14.9. The SMILES string of the molecule is CCC(=O)c1ccc(Br)cc1N/N=C(\C#N)C(=N)N. The molecule has 0 aliphatic rings. The quantitative estimate of drug-likeness (QED) is 0.334. The summed E-state index contributed by atoms with van der Waals surface area (Å²) in [4.78, 5) is 11.8. The second-order valence-corrected chi connectivity index (χ2v) is 4.48. The van der Waals surface area contributed by atoms with Gasteiger partial charge in [-0.25, -0.2) is 0 Å². The van der Waals surface area contributed by atoms with Gasteiger partial charge in [0.1, 0.15) is 6.07 Å². The molecule has 0 aliphatic heterocycles. The molecule has 1 rings (SSSR count). The van der Waals surface area contributed by atoms with Gasteiger partial charge in [-0.2, -0.15) is 10.4 Å². The van der Waals surface area contributed by atoms with Crippen molar-refractivity contribution < 1.29 is 4.79 Å². The first-order chi connectivity index (χ1) is 8.99. The molecule has 6 nitrogen and oxygen atoms in total. The molecule has 0 atom stereocenters. The summed E-state index contributed by atoms with van der Waals surface area (Å²) in [6.07, 6.45) is 0.359. The molecule has 0 saturated heterocycles. The summed E-state index contributed by atoms with van der Waals surface area (Å²) in [5.74, 6) is -0.486. The molecule has 0 unspecified atom stereocenters. The lowest BCUT2D eigenvalue weighted by Gasteiger charge is -2.08. The Morgan fingerprint density at radius 1 is 1.63 bits per heavy atom. The zero-order valence-electron chi connectivity index (χ0n) is 10.2. The summed E-state index contributed by atoms with van der Waals surface area (Å²) < 4.78 is 0.763. The van der Waals surface area contributed by atoms with Gasteiger partial charge >= 0.3 is 0 Å². The lowest BCUT2D eigenvalue weighted by Crippen LogP contribution is -2.22. The highest BCUT2D eigenvalue weighted by Gasteiger charge is 2.10. The summed E-state index contributed by atoms with van der Waals surface area (Å²) >= 11 is 3.29. The van der Waals surface area contributed by atoms with Crippen LogP contribution in [0.3, 0.4) is 0 Å². The summed E-state index contributed by atoms with van der Waals surface area (Å²) in [5, 5.41) is 19.6. The number of hydrogen-bond donors (Lipinski definition) is 3. The number of Topliss-reactive ketones (excluding diaryl/α,β-unsaturated/α-hetero) is 1. The molecule has 0 heterocycles. The maximum Gasteiger partial charge on any atom is 0.201 e. The smallest absolute Gasteiger partial charge is 0.201 e. The van der Waals surface area contributed by atoms with Crippen molar-refractivity contribution in [3.05, 3.63) is 28.2 Å². The Bertz CT molecular complexity index is 588. The third-order valence-electron chi connectivity index (χ3n) is 2.25. The fourth-order valence-electron chi connectivity index (χ4n) is 1.30. The predicted molar refractivity (Wildman–Crippen MR) is 77.3 cm³/mol. The summed E-state index contributed by atoms with van der Waals surface area (Å²) in [6.45, 7) is 1.76. The number of anilines is 1. The molecule has 0 fully saturated rings. The van der Waals surface area contributed by atoms with Crippen molar-refractivity contribution in [2.24, 2.45) is 10.8 Å². The van der Waals surface area contributed by atoms with Crippen molar-refractivity contribution in [1.82, 2.24) is 0 Å². The molecule has 0 spiro atoms. The molecule has 0 aliphatic carbocycles. The van der Waals surface area contributed by atoms with Gasteiger partial charge in [-0.05, 0) is 18.2 Å². The average molecular weight is 322 g/mol. The van der Waals surface area contributed by atoms with Crippen LogP contribution in [-0.4, -0.2) is 17.3 Å². The molecule has 0 radical (unpaired) electrons. The van der Waals surface area contributed by atoms with Gasteiger partial charge < -0.3 is 5.73 Å². The van der Waals surface area contributed by atoms with E-state index in [0.29, 0.717) is 17.7 Å². The molecule has 0 bridgehead atoms. The van der Waals surface area contributed by atoms with Crippen LogP contribution in [-0.2, 0) is 0 Å². The van der Waals surface area contributed by atoms with E-state index in [9.17, 15) is 4.79 Å². The van der Waals surface area contributed by atoms with Crippen LogP contribution >= 0.6 is 15.9 Å². The van der Waals surface area contributed by atoms with Crippen LogP contribution in [0.2, 0.25) is 0 Å². The van der Waals surface area contributed by atoms with Gasteiger partial charge in [0.05, 0.1) is 5.69 Å². The van der Waals surface area contributed by atoms with Crippen LogP contribution < -0.4 is 11.2 Å². The Labute approximate surface area is 118 Å². The third kappa shape index (κ3) is 3.89. The topological polar surface area (TPSA) is 115 Å². The monoisotopic (exact) mass is 321 g/mol. The van der Waals surface area contributed by atoms with Crippen molar-refractivity contribution in [3.63, 3.8) is 0 Å². The second-order valence-electron chi connectivity index (χ2n) is 3.56. The third-order valence-corrected chi connectivity index (χ3v) is 2.75. The molecular weight excluding hydrogens is 310 g/mol. The number of amidine groups is 1. The van der Waals surface area contributed by atoms with E-state index < -0.39 is 5.84 Å². The minimum absolute atomic E-state index is 0.0495. The summed E-state index contributed by atoms with van der Waals surface area (Å²) in [5.41, 5.74) is 8.46. The van der Waals surface area contributed by atoms with Crippen molar-refractivity contribution in [1.29, 1.82) is 10.7 Å². The van der Waals surface area contributed by atoms with Gasteiger partial charge in [-0.1, -0.05) is 22.9 Å². The molecule has 98 valence electrons. The number of nitrogens with one attached hydrogen (secondary N) is 2. The molecule has 0 aromatic heterocycles. The zero-order valence-corrected chi connectivity index (χ0v) is 11.8. The van der Waals surface area contributed by atoms with Gasteiger partial charge in [0.15, 0.2) is 11.6 Å². The van der Waals surface area contributed by atoms with Gasteiger partial charge in [0.2, 0.25) is 5.71 Å². The van der Waals surface area contributed by atoms with Crippen LogP contribution in [0, 0.1) is 16.7 Å². The number of hydrazone groups is 1. The largest absolute Gasteiger partial charge is 0.382 e. The first-order valence-electron chi connectivity index (χ1n) is 5.40. The van der Waals surface area contributed by atoms with E-state index in [-0.39, 0.29) is 11.5 Å². The number of nitrogens with two attached hydrogens (primary N) is 1. The second kappa shape index (κ2) is 6.66. The van der Waals surface area contributed by atoms with Crippen LogP contribution in [0.5, 0.6) is 0 Å². The highest BCUT2D eigenvalue weighted by molar-refractivity contribution is 9.10. The van der Waals surface area contributed by atoms with E-state index in [1.165, 1.54) is 0 Å². The Balaban J connectivity index is 3.13. The number of ketones is 1. The maximum absolute atomic E-state index is 11.8. The van der Waals surface area contributed by atoms with E-state index >= 15 is 0 Å².